The van der Waals surface area contributed by atoms with Crippen molar-refractivity contribution >= 4 is 18.2 Å². The number of benzene rings is 1. The van der Waals surface area contributed by atoms with Gasteiger partial charge >= 0.3 is 0 Å². The third kappa shape index (κ3) is 2.39. The third-order valence-corrected chi connectivity index (χ3v) is 1.28. The lowest BCUT2D eigenvalue weighted by Crippen LogP contribution is -2.15. The number of hydrogen-bond acceptors (Lipinski definition) is 2. The SMILES string of the molecule is Cl.N/N=C(\N)c1ccc(F)cc1. The predicted molar refractivity (Wildman–Crippen MR) is 48.6 cm³/mol. The Morgan fingerprint density at radius 1 is 1.25 bits per heavy atom. The zero-order valence-corrected chi connectivity index (χ0v) is 7.01. The second-order valence-electron chi connectivity index (χ2n) is 2.02. The fraction of sp³-hybridized carbons (Fsp3) is 0. The maximum Gasteiger partial charge on any atom is 0.150 e. The van der Waals surface area contributed by atoms with Crippen LogP contribution in [0.4, 0.5) is 4.39 Å². The molecule has 12 heavy (non-hydrogen) atoms. The summed E-state index contributed by atoms with van der Waals surface area (Å²) in [4.78, 5) is 0. The molecule has 0 aliphatic carbocycles. The summed E-state index contributed by atoms with van der Waals surface area (Å²) in [6.45, 7) is 0. The van der Waals surface area contributed by atoms with Crippen molar-refractivity contribution in [3.8, 4) is 0 Å². The molecule has 0 heterocycles. The summed E-state index contributed by atoms with van der Waals surface area (Å²) in [6, 6.07) is 5.63. The number of amidine groups is 1. The Balaban J connectivity index is 0.00000121. The Hall–Kier alpha value is -1.29. The summed E-state index contributed by atoms with van der Waals surface area (Å²) in [7, 11) is 0. The molecule has 3 nitrogen and oxygen atoms in total. The molecule has 0 aromatic heterocycles. The highest BCUT2D eigenvalue weighted by molar-refractivity contribution is 5.97. The quantitative estimate of drug-likeness (QED) is 0.298. The first-order chi connectivity index (χ1) is 5.24. The minimum absolute atomic E-state index is 0. The van der Waals surface area contributed by atoms with Crippen LogP contribution in [0.2, 0.25) is 0 Å². The molecule has 0 aliphatic rings. The van der Waals surface area contributed by atoms with Gasteiger partial charge in [-0.25, -0.2) is 4.39 Å². The van der Waals surface area contributed by atoms with Crippen LogP contribution in [0.3, 0.4) is 0 Å². The van der Waals surface area contributed by atoms with Gasteiger partial charge in [0.05, 0.1) is 0 Å². The topological polar surface area (TPSA) is 64.4 Å². The highest BCUT2D eigenvalue weighted by atomic mass is 35.5. The van der Waals surface area contributed by atoms with Crippen LogP contribution in [-0.2, 0) is 0 Å². The van der Waals surface area contributed by atoms with Gasteiger partial charge in [-0.3, -0.25) is 0 Å². The molecule has 0 spiro atoms. The Labute approximate surface area is 75.7 Å². The number of halogens is 2. The van der Waals surface area contributed by atoms with E-state index in [1.54, 1.807) is 0 Å². The van der Waals surface area contributed by atoms with Crippen LogP contribution in [0.15, 0.2) is 29.4 Å². The van der Waals surface area contributed by atoms with Crippen LogP contribution < -0.4 is 11.6 Å². The molecule has 0 fully saturated rings. The lowest BCUT2D eigenvalue weighted by Gasteiger charge is -1.96. The Kier molecular flexibility index (Phi) is 4.07. The monoisotopic (exact) mass is 189 g/mol. The van der Waals surface area contributed by atoms with Crippen LogP contribution >= 0.6 is 12.4 Å². The molecule has 0 amide bonds. The molecule has 0 bridgehead atoms. The second kappa shape index (κ2) is 4.56. The molecule has 0 unspecified atom stereocenters. The molecule has 0 atom stereocenters. The molecule has 1 rings (SSSR count). The van der Waals surface area contributed by atoms with Crippen molar-refractivity contribution in [2.75, 3.05) is 0 Å². The lowest BCUT2D eigenvalue weighted by molar-refractivity contribution is 0.628. The van der Waals surface area contributed by atoms with Gasteiger partial charge in [-0.2, -0.15) is 5.10 Å². The van der Waals surface area contributed by atoms with E-state index in [0.29, 0.717) is 5.56 Å². The average Bonchev–Trinajstić information content (AvgIpc) is 2.05. The largest absolute Gasteiger partial charge is 0.382 e. The molecule has 0 saturated carbocycles. The number of hydrogen-bond donors (Lipinski definition) is 2. The van der Waals surface area contributed by atoms with Crippen molar-refractivity contribution < 1.29 is 4.39 Å². The van der Waals surface area contributed by atoms with E-state index in [1.165, 1.54) is 24.3 Å². The number of rotatable bonds is 1. The second-order valence-corrected chi connectivity index (χ2v) is 2.02. The first kappa shape index (κ1) is 10.7. The van der Waals surface area contributed by atoms with E-state index in [9.17, 15) is 4.39 Å². The van der Waals surface area contributed by atoms with Gasteiger partial charge in [0.15, 0.2) is 0 Å². The minimum Gasteiger partial charge on any atom is -0.382 e. The fourth-order valence-electron chi connectivity index (χ4n) is 0.695. The van der Waals surface area contributed by atoms with Gasteiger partial charge in [-0.15, -0.1) is 12.4 Å². The number of hydrazone groups is 1. The number of nitrogens with two attached hydrogens (primary N) is 2. The summed E-state index contributed by atoms with van der Waals surface area (Å²) in [5.41, 5.74) is 5.97. The normalized spacial score (nSPS) is 10.6. The van der Waals surface area contributed by atoms with Gasteiger partial charge < -0.3 is 11.6 Å². The molecule has 1 aromatic rings. The van der Waals surface area contributed by atoms with E-state index in [1.807, 2.05) is 0 Å². The first-order valence-corrected chi connectivity index (χ1v) is 3.03. The van der Waals surface area contributed by atoms with E-state index < -0.39 is 0 Å². The Morgan fingerprint density at radius 2 is 1.75 bits per heavy atom. The van der Waals surface area contributed by atoms with Gasteiger partial charge in [0, 0.05) is 5.56 Å². The smallest absolute Gasteiger partial charge is 0.150 e. The standard InChI is InChI=1S/C7H8FN3.ClH/c8-6-3-1-5(2-4-6)7(9)11-10;/h1-4H,10H2,(H2,9,11);1H. The van der Waals surface area contributed by atoms with Crippen molar-refractivity contribution in [2.45, 2.75) is 0 Å². The van der Waals surface area contributed by atoms with E-state index in [2.05, 4.69) is 5.10 Å². The maximum atomic E-state index is 12.3. The van der Waals surface area contributed by atoms with Crippen molar-refractivity contribution in [2.24, 2.45) is 16.7 Å². The number of nitrogens with zero attached hydrogens (tertiary/aromatic N) is 1. The van der Waals surface area contributed by atoms with Crippen LogP contribution in [0.5, 0.6) is 0 Å². The molecule has 0 saturated heterocycles. The van der Waals surface area contributed by atoms with Crippen molar-refractivity contribution in [3.05, 3.63) is 35.6 Å². The van der Waals surface area contributed by atoms with E-state index >= 15 is 0 Å². The summed E-state index contributed by atoms with van der Waals surface area (Å²) in [5.74, 6) is 4.80. The van der Waals surface area contributed by atoms with E-state index in [4.69, 9.17) is 11.6 Å². The Bertz CT molecular complexity index is 270. The zero-order valence-electron chi connectivity index (χ0n) is 6.20. The van der Waals surface area contributed by atoms with Gasteiger partial charge in [0.1, 0.15) is 11.7 Å². The van der Waals surface area contributed by atoms with Gasteiger partial charge in [-0.1, -0.05) is 0 Å². The molecule has 1 aromatic carbocycles. The van der Waals surface area contributed by atoms with E-state index in [0.717, 1.165) is 0 Å². The van der Waals surface area contributed by atoms with E-state index in [-0.39, 0.29) is 24.1 Å². The molecular weight excluding hydrogens is 181 g/mol. The van der Waals surface area contributed by atoms with Gasteiger partial charge in [0.25, 0.3) is 0 Å². The highest BCUT2D eigenvalue weighted by Gasteiger charge is 1.96. The first-order valence-electron chi connectivity index (χ1n) is 3.03. The Morgan fingerprint density at radius 3 is 2.17 bits per heavy atom. The molecule has 0 radical (unpaired) electrons. The van der Waals surface area contributed by atoms with Crippen LogP contribution in [0, 0.1) is 5.82 Å². The molecule has 66 valence electrons. The van der Waals surface area contributed by atoms with Crippen molar-refractivity contribution in [3.63, 3.8) is 0 Å². The van der Waals surface area contributed by atoms with Crippen LogP contribution in [0.25, 0.3) is 0 Å². The van der Waals surface area contributed by atoms with Crippen molar-refractivity contribution in [1.29, 1.82) is 0 Å². The molecule has 0 aliphatic heterocycles. The highest BCUT2D eigenvalue weighted by Crippen LogP contribution is 2.01. The fourth-order valence-corrected chi connectivity index (χ4v) is 0.695. The summed E-state index contributed by atoms with van der Waals surface area (Å²) >= 11 is 0. The lowest BCUT2D eigenvalue weighted by atomic mass is 10.2. The predicted octanol–water partition coefficient (Wildman–Crippen LogP) is 0.827. The average molecular weight is 190 g/mol. The van der Waals surface area contributed by atoms with Crippen molar-refractivity contribution in [1.82, 2.24) is 0 Å². The minimum atomic E-state index is -0.307. The van der Waals surface area contributed by atoms with Crippen LogP contribution in [0.1, 0.15) is 5.56 Å². The van der Waals surface area contributed by atoms with Crippen LogP contribution in [-0.4, -0.2) is 5.84 Å². The van der Waals surface area contributed by atoms with Gasteiger partial charge in [0.2, 0.25) is 0 Å². The zero-order chi connectivity index (χ0) is 8.27. The summed E-state index contributed by atoms with van der Waals surface area (Å²) in [6.07, 6.45) is 0. The summed E-state index contributed by atoms with van der Waals surface area (Å²) in [5, 5.41) is 3.26. The molecule has 5 heteroatoms. The van der Waals surface area contributed by atoms with Gasteiger partial charge in [-0.05, 0) is 24.3 Å². The maximum absolute atomic E-state index is 12.3. The summed E-state index contributed by atoms with van der Waals surface area (Å²) < 4.78 is 12.3. The molecular formula is C7H9ClFN3. The third-order valence-electron chi connectivity index (χ3n) is 1.28. The molecule has 4 N–H and O–H groups in total.